The van der Waals surface area contributed by atoms with E-state index in [1.54, 1.807) is 18.3 Å². The van der Waals surface area contributed by atoms with Crippen molar-refractivity contribution in [2.75, 3.05) is 6.54 Å². The van der Waals surface area contributed by atoms with E-state index in [0.29, 0.717) is 10.9 Å². The largest absolute Gasteiger partial charge is 0.434 e. The van der Waals surface area contributed by atoms with Crippen molar-refractivity contribution in [2.45, 2.75) is 31.1 Å². The fourth-order valence-corrected chi connectivity index (χ4v) is 4.71. The lowest BCUT2D eigenvalue weighted by molar-refractivity contribution is -0.141. The molecule has 0 spiro atoms. The van der Waals surface area contributed by atoms with Gasteiger partial charge in [0.2, 0.25) is 10.0 Å². The number of aryl methyl sites for hydroxylation is 1. The van der Waals surface area contributed by atoms with Gasteiger partial charge in [-0.05, 0) is 24.6 Å². The average molecular weight is 396 g/mol. The quantitative estimate of drug-likeness (QED) is 0.668. The van der Waals surface area contributed by atoms with E-state index in [0.717, 1.165) is 16.1 Å². The Balaban J connectivity index is 1.73. The zero-order chi connectivity index (χ0) is 19.4. The smallest absolute Gasteiger partial charge is 0.332 e. The number of halogens is 3. The second-order valence-corrected chi connectivity index (χ2v) is 8.32. The molecule has 3 heterocycles. The first-order chi connectivity index (χ1) is 12.7. The van der Waals surface area contributed by atoms with Crippen LogP contribution in [0.15, 0.2) is 41.6 Å². The summed E-state index contributed by atoms with van der Waals surface area (Å²) in [6.07, 6.45) is -2.06. The fraction of sp³-hybridized carbons (Fsp3) is 0.294. The molecule has 1 aliphatic rings. The number of hydrogen-bond acceptors (Lipinski definition) is 4. The van der Waals surface area contributed by atoms with Gasteiger partial charge in [0.25, 0.3) is 0 Å². The van der Waals surface area contributed by atoms with Gasteiger partial charge in [0.1, 0.15) is 10.7 Å². The second kappa shape index (κ2) is 6.03. The first-order valence-corrected chi connectivity index (χ1v) is 9.59. The van der Waals surface area contributed by atoms with Gasteiger partial charge < -0.3 is 4.57 Å². The van der Waals surface area contributed by atoms with Gasteiger partial charge in [-0.25, -0.2) is 13.4 Å². The van der Waals surface area contributed by atoms with Crippen LogP contribution < -0.4 is 0 Å². The molecule has 1 aromatic carbocycles. The molecular weight excluding hydrogens is 381 g/mol. The van der Waals surface area contributed by atoms with Crippen molar-refractivity contribution in [3.05, 3.63) is 53.7 Å². The minimum Gasteiger partial charge on any atom is -0.332 e. The van der Waals surface area contributed by atoms with Crippen LogP contribution in [0.3, 0.4) is 0 Å². The number of sulfonamides is 1. The SMILES string of the molecule is Cc1cnc2c(S(=O)(=O)N3CCn4cc(C(F)(F)F)nc4C3)cccc2c1. The number of aromatic nitrogens is 3. The molecule has 0 fully saturated rings. The molecule has 0 radical (unpaired) electrons. The standard InChI is InChI=1S/C17H15F3N4O2S/c1-11-7-12-3-2-4-13(16(12)21-8-11)27(25,26)24-6-5-23-9-14(17(18,19)20)22-15(23)10-24/h2-4,7-9H,5-6,10H2,1H3. The minimum atomic E-state index is -4.56. The van der Waals surface area contributed by atoms with Gasteiger partial charge in [-0.1, -0.05) is 12.1 Å². The van der Waals surface area contributed by atoms with Crippen molar-refractivity contribution in [1.29, 1.82) is 0 Å². The third-order valence-corrected chi connectivity index (χ3v) is 6.36. The molecule has 0 amide bonds. The summed E-state index contributed by atoms with van der Waals surface area (Å²) in [5.74, 6) is 0.0705. The number of para-hydroxylation sites is 1. The molecular formula is C17H15F3N4O2S. The fourth-order valence-electron chi connectivity index (χ4n) is 3.16. The summed E-state index contributed by atoms with van der Waals surface area (Å²) >= 11 is 0. The Hall–Kier alpha value is -2.46. The van der Waals surface area contributed by atoms with Gasteiger partial charge in [-0.15, -0.1) is 0 Å². The van der Waals surface area contributed by atoms with Crippen LogP contribution in [0.4, 0.5) is 13.2 Å². The number of hydrogen-bond donors (Lipinski definition) is 0. The molecule has 10 heteroatoms. The Morgan fingerprint density at radius 1 is 1.19 bits per heavy atom. The molecule has 0 saturated carbocycles. The Morgan fingerprint density at radius 3 is 2.70 bits per heavy atom. The Bertz CT molecular complexity index is 1140. The molecule has 142 valence electrons. The van der Waals surface area contributed by atoms with E-state index in [-0.39, 0.29) is 30.4 Å². The van der Waals surface area contributed by atoms with E-state index in [2.05, 4.69) is 9.97 Å². The lowest BCUT2D eigenvalue weighted by Gasteiger charge is -2.27. The third-order valence-electron chi connectivity index (χ3n) is 4.49. The lowest BCUT2D eigenvalue weighted by Crippen LogP contribution is -2.38. The maximum absolute atomic E-state index is 13.1. The van der Waals surface area contributed by atoms with Gasteiger partial charge in [-0.2, -0.15) is 17.5 Å². The summed E-state index contributed by atoms with van der Waals surface area (Å²) in [7, 11) is -3.93. The lowest BCUT2D eigenvalue weighted by atomic mass is 10.2. The van der Waals surface area contributed by atoms with Gasteiger partial charge in [-0.3, -0.25) is 4.98 Å². The summed E-state index contributed by atoms with van der Waals surface area (Å²) in [6, 6.07) is 6.69. The first kappa shape index (κ1) is 17.9. The highest BCUT2D eigenvalue weighted by molar-refractivity contribution is 7.89. The number of benzene rings is 1. The van der Waals surface area contributed by atoms with Crippen molar-refractivity contribution in [2.24, 2.45) is 0 Å². The molecule has 2 aromatic heterocycles. The van der Waals surface area contributed by atoms with E-state index >= 15 is 0 Å². The molecule has 0 saturated heterocycles. The molecule has 27 heavy (non-hydrogen) atoms. The zero-order valence-electron chi connectivity index (χ0n) is 14.2. The number of nitrogens with zero attached hydrogens (tertiary/aromatic N) is 4. The molecule has 0 unspecified atom stereocenters. The summed E-state index contributed by atoms with van der Waals surface area (Å²) in [5.41, 5.74) is 0.226. The van der Waals surface area contributed by atoms with Crippen LogP contribution in [-0.2, 0) is 29.3 Å². The molecule has 0 atom stereocenters. The minimum absolute atomic E-state index is 0.0380. The maximum Gasteiger partial charge on any atom is 0.434 e. The second-order valence-electron chi connectivity index (χ2n) is 6.41. The van der Waals surface area contributed by atoms with Gasteiger partial charge in [0, 0.05) is 30.9 Å². The van der Waals surface area contributed by atoms with Crippen LogP contribution >= 0.6 is 0 Å². The first-order valence-electron chi connectivity index (χ1n) is 8.15. The number of pyridine rings is 1. The monoisotopic (exact) mass is 396 g/mol. The molecule has 3 aromatic rings. The van der Waals surface area contributed by atoms with E-state index < -0.39 is 21.9 Å². The average Bonchev–Trinajstić information content (AvgIpc) is 3.04. The molecule has 0 N–H and O–H groups in total. The highest BCUT2D eigenvalue weighted by Gasteiger charge is 2.37. The maximum atomic E-state index is 13.1. The third kappa shape index (κ3) is 3.08. The number of rotatable bonds is 2. The van der Waals surface area contributed by atoms with Crippen molar-refractivity contribution < 1.29 is 21.6 Å². The molecule has 1 aliphatic heterocycles. The van der Waals surface area contributed by atoms with Crippen LogP contribution in [0, 0.1) is 6.92 Å². The van der Waals surface area contributed by atoms with Crippen LogP contribution in [-0.4, -0.2) is 33.8 Å². The van der Waals surface area contributed by atoms with Crippen LogP contribution in [0.1, 0.15) is 17.1 Å². The van der Waals surface area contributed by atoms with Crippen LogP contribution in [0.25, 0.3) is 10.9 Å². The van der Waals surface area contributed by atoms with Crippen LogP contribution in [0.2, 0.25) is 0 Å². The van der Waals surface area contributed by atoms with Crippen molar-refractivity contribution in [3.8, 4) is 0 Å². The number of imidazole rings is 1. The van der Waals surface area contributed by atoms with E-state index in [1.165, 1.54) is 10.6 Å². The van der Waals surface area contributed by atoms with E-state index in [4.69, 9.17) is 0 Å². The normalized spacial score (nSPS) is 15.9. The summed E-state index contributed by atoms with van der Waals surface area (Å²) in [5, 5.41) is 0.689. The summed E-state index contributed by atoms with van der Waals surface area (Å²) in [6.45, 7) is 1.80. The molecule has 6 nitrogen and oxygen atoms in total. The highest BCUT2D eigenvalue weighted by Crippen LogP contribution is 2.31. The van der Waals surface area contributed by atoms with E-state index in [9.17, 15) is 21.6 Å². The topological polar surface area (TPSA) is 68.1 Å². The highest BCUT2D eigenvalue weighted by atomic mass is 32.2. The van der Waals surface area contributed by atoms with Gasteiger partial charge >= 0.3 is 6.18 Å². The number of fused-ring (bicyclic) bond motifs is 2. The molecule has 0 aliphatic carbocycles. The van der Waals surface area contributed by atoms with Crippen molar-refractivity contribution in [1.82, 2.24) is 18.8 Å². The summed E-state index contributed by atoms with van der Waals surface area (Å²) < 4.78 is 67.3. The predicted octanol–water partition coefficient (Wildman–Crippen LogP) is 2.96. The van der Waals surface area contributed by atoms with Crippen molar-refractivity contribution >= 4 is 20.9 Å². The van der Waals surface area contributed by atoms with E-state index in [1.807, 2.05) is 13.0 Å². The Kier molecular flexibility index (Phi) is 4.00. The predicted molar refractivity (Wildman–Crippen MR) is 91.3 cm³/mol. The molecule has 0 bridgehead atoms. The van der Waals surface area contributed by atoms with Crippen molar-refractivity contribution in [3.63, 3.8) is 0 Å². The Labute approximate surface area is 153 Å². The Morgan fingerprint density at radius 2 is 1.96 bits per heavy atom. The zero-order valence-corrected chi connectivity index (χ0v) is 15.0. The van der Waals surface area contributed by atoms with Crippen LogP contribution in [0.5, 0.6) is 0 Å². The summed E-state index contributed by atoms with van der Waals surface area (Å²) in [4.78, 5) is 7.85. The van der Waals surface area contributed by atoms with Gasteiger partial charge in [0.15, 0.2) is 5.69 Å². The molecule has 4 rings (SSSR count). The van der Waals surface area contributed by atoms with Gasteiger partial charge in [0.05, 0.1) is 12.1 Å². The number of alkyl halides is 3.